The van der Waals surface area contributed by atoms with Gasteiger partial charge in [0.05, 0.1) is 6.54 Å². The van der Waals surface area contributed by atoms with Gasteiger partial charge in [0.2, 0.25) is 0 Å². The number of likely N-dealkylation sites (tertiary alicyclic amines) is 1. The Morgan fingerprint density at radius 3 is 2.53 bits per heavy atom. The molecule has 2 atom stereocenters. The molecule has 5 rings (SSSR count). The molecule has 1 unspecified atom stereocenters. The zero-order valence-electron chi connectivity index (χ0n) is 19.6. The summed E-state index contributed by atoms with van der Waals surface area (Å²) in [6.07, 6.45) is 0.918. The van der Waals surface area contributed by atoms with Crippen LogP contribution in [0.5, 0.6) is 17.2 Å². The Labute approximate surface area is 201 Å². The zero-order valence-corrected chi connectivity index (χ0v) is 19.6. The average molecular weight is 452 g/mol. The topological polar surface area (TPSA) is 52.9 Å². The van der Waals surface area contributed by atoms with Gasteiger partial charge in [-0.2, -0.15) is 0 Å². The number of ether oxygens (including phenoxy) is 1. The van der Waals surface area contributed by atoms with Crippen LogP contribution in [0.25, 0.3) is 11.1 Å². The molecule has 0 radical (unpaired) electrons. The maximum Gasteiger partial charge on any atom is 0.150 e. The molecule has 0 spiro atoms. The summed E-state index contributed by atoms with van der Waals surface area (Å²) < 4.78 is 6.46. The standard InChI is InChI=1S/C30H29NO3/c1-20-14-16-31(19-20)15-4-5-22-8-10-23(11-9-22)30-29(24-6-3-7-25(32)17-24)21(2)27-18-26(33)12-13-28(27)34-30/h3,6-13,17-18,20,30,32-33H,14-16,19H2,1-2H3/t20-,30?/m1/s1. The van der Waals surface area contributed by atoms with E-state index in [9.17, 15) is 10.2 Å². The number of aromatic hydroxyl groups is 2. The smallest absolute Gasteiger partial charge is 0.150 e. The van der Waals surface area contributed by atoms with Crippen molar-refractivity contribution >= 4 is 11.1 Å². The van der Waals surface area contributed by atoms with Gasteiger partial charge in [0, 0.05) is 23.2 Å². The summed E-state index contributed by atoms with van der Waals surface area (Å²) in [5.41, 5.74) is 5.72. The third-order valence-electron chi connectivity index (χ3n) is 6.69. The fraction of sp³-hybridized carbons (Fsp3) is 0.267. The summed E-state index contributed by atoms with van der Waals surface area (Å²) in [7, 11) is 0. The van der Waals surface area contributed by atoms with Crippen molar-refractivity contribution in [3.8, 4) is 29.1 Å². The van der Waals surface area contributed by atoms with Crippen LogP contribution >= 0.6 is 0 Å². The van der Waals surface area contributed by atoms with Gasteiger partial charge in [-0.25, -0.2) is 0 Å². The van der Waals surface area contributed by atoms with Gasteiger partial charge in [-0.05, 0) is 85.0 Å². The van der Waals surface area contributed by atoms with Gasteiger partial charge < -0.3 is 14.9 Å². The Morgan fingerprint density at radius 1 is 1.00 bits per heavy atom. The molecule has 0 aliphatic carbocycles. The first-order valence-electron chi connectivity index (χ1n) is 11.8. The summed E-state index contributed by atoms with van der Waals surface area (Å²) in [6, 6.07) is 20.6. The lowest BCUT2D eigenvalue weighted by Crippen LogP contribution is -2.20. The van der Waals surface area contributed by atoms with Gasteiger partial charge >= 0.3 is 0 Å². The second kappa shape index (κ2) is 9.29. The Morgan fingerprint density at radius 2 is 1.79 bits per heavy atom. The van der Waals surface area contributed by atoms with Gasteiger partial charge in [0.1, 0.15) is 23.4 Å². The third kappa shape index (κ3) is 4.53. The number of rotatable bonds is 3. The molecular formula is C30H29NO3. The van der Waals surface area contributed by atoms with E-state index in [0.717, 1.165) is 64.7 Å². The Kier molecular flexibility index (Phi) is 6.04. The number of nitrogens with zero attached hydrogens (tertiary/aromatic N) is 1. The summed E-state index contributed by atoms with van der Waals surface area (Å²) in [5.74, 6) is 8.50. The van der Waals surface area contributed by atoms with Crippen LogP contribution in [0.4, 0.5) is 0 Å². The molecule has 0 saturated carbocycles. The fourth-order valence-electron chi connectivity index (χ4n) is 4.88. The second-order valence-corrected chi connectivity index (χ2v) is 9.32. The predicted octanol–water partition coefficient (Wildman–Crippen LogP) is 5.86. The fourth-order valence-corrected chi connectivity index (χ4v) is 4.88. The first-order chi connectivity index (χ1) is 16.5. The van der Waals surface area contributed by atoms with E-state index in [-0.39, 0.29) is 17.6 Å². The van der Waals surface area contributed by atoms with Crippen LogP contribution in [-0.2, 0) is 0 Å². The van der Waals surface area contributed by atoms with Crippen LogP contribution in [-0.4, -0.2) is 34.7 Å². The van der Waals surface area contributed by atoms with Gasteiger partial charge in [-0.15, -0.1) is 0 Å². The van der Waals surface area contributed by atoms with E-state index in [0.29, 0.717) is 0 Å². The number of hydrogen-bond donors (Lipinski definition) is 2. The number of phenols is 2. The number of allylic oxidation sites excluding steroid dienone is 1. The van der Waals surface area contributed by atoms with Crippen LogP contribution in [0.1, 0.15) is 48.6 Å². The van der Waals surface area contributed by atoms with E-state index in [1.165, 1.54) is 6.42 Å². The largest absolute Gasteiger partial charge is 0.508 e. The van der Waals surface area contributed by atoms with Gasteiger partial charge in [-0.1, -0.05) is 43.0 Å². The second-order valence-electron chi connectivity index (χ2n) is 9.32. The molecule has 3 aromatic rings. The molecule has 4 nitrogen and oxygen atoms in total. The van der Waals surface area contributed by atoms with E-state index in [4.69, 9.17) is 4.74 Å². The van der Waals surface area contributed by atoms with Crippen molar-refractivity contribution in [1.82, 2.24) is 4.90 Å². The molecule has 2 aliphatic heterocycles. The minimum atomic E-state index is -0.341. The average Bonchev–Trinajstić information content (AvgIpc) is 3.25. The quantitative estimate of drug-likeness (QED) is 0.490. The summed E-state index contributed by atoms with van der Waals surface area (Å²) in [6.45, 7) is 7.41. The highest BCUT2D eigenvalue weighted by atomic mass is 16.5. The van der Waals surface area contributed by atoms with Crippen LogP contribution in [0.2, 0.25) is 0 Å². The molecular weight excluding hydrogens is 422 g/mol. The van der Waals surface area contributed by atoms with E-state index in [1.54, 1.807) is 30.3 Å². The molecule has 0 aromatic heterocycles. The summed E-state index contributed by atoms with van der Waals surface area (Å²) in [4.78, 5) is 2.41. The predicted molar refractivity (Wildman–Crippen MR) is 136 cm³/mol. The van der Waals surface area contributed by atoms with Gasteiger partial charge in [0.25, 0.3) is 0 Å². The maximum atomic E-state index is 10.1. The molecule has 2 heterocycles. The lowest BCUT2D eigenvalue weighted by molar-refractivity contribution is 0.259. The van der Waals surface area contributed by atoms with Crippen LogP contribution in [0, 0.1) is 17.8 Å². The summed E-state index contributed by atoms with van der Waals surface area (Å²) in [5, 5.41) is 20.2. The van der Waals surface area contributed by atoms with Crippen LogP contribution in [0.3, 0.4) is 0 Å². The van der Waals surface area contributed by atoms with Crippen molar-refractivity contribution in [2.24, 2.45) is 5.92 Å². The molecule has 34 heavy (non-hydrogen) atoms. The van der Waals surface area contributed by atoms with Crippen molar-refractivity contribution in [2.45, 2.75) is 26.4 Å². The minimum Gasteiger partial charge on any atom is -0.508 e. The highest BCUT2D eigenvalue weighted by Gasteiger charge is 2.29. The third-order valence-corrected chi connectivity index (χ3v) is 6.69. The number of fused-ring (bicyclic) bond motifs is 1. The van der Waals surface area contributed by atoms with Crippen molar-refractivity contribution in [3.05, 3.63) is 89.0 Å². The van der Waals surface area contributed by atoms with Crippen LogP contribution in [0.15, 0.2) is 66.7 Å². The van der Waals surface area contributed by atoms with Gasteiger partial charge in [-0.3, -0.25) is 4.90 Å². The molecule has 0 bridgehead atoms. The monoisotopic (exact) mass is 451 g/mol. The number of benzene rings is 3. The van der Waals surface area contributed by atoms with E-state index in [1.807, 2.05) is 31.2 Å². The van der Waals surface area contributed by atoms with Crippen molar-refractivity contribution in [3.63, 3.8) is 0 Å². The van der Waals surface area contributed by atoms with E-state index < -0.39 is 0 Å². The molecule has 4 heteroatoms. The van der Waals surface area contributed by atoms with Crippen molar-refractivity contribution in [2.75, 3.05) is 19.6 Å². The maximum absolute atomic E-state index is 10.1. The van der Waals surface area contributed by atoms with E-state index >= 15 is 0 Å². The molecule has 1 saturated heterocycles. The molecule has 3 aromatic carbocycles. The molecule has 0 amide bonds. The molecule has 1 fully saturated rings. The molecule has 2 N–H and O–H groups in total. The number of phenolic OH excluding ortho intramolecular Hbond substituents is 2. The molecule has 2 aliphatic rings. The SMILES string of the molecule is CC1=C(c2cccc(O)c2)C(c2ccc(C#CCN3CC[C@@H](C)C3)cc2)Oc2ccc(O)cc21. The Hall–Kier alpha value is -3.68. The highest BCUT2D eigenvalue weighted by molar-refractivity contribution is 5.95. The summed E-state index contributed by atoms with van der Waals surface area (Å²) >= 11 is 0. The minimum absolute atomic E-state index is 0.196. The first kappa shape index (κ1) is 22.1. The zero-order chi connectivity index (χ0) is 23.7. The lowest BCUT2D eigenvalue weighted by atomic mass is 9.86. The van der Waals surface area contributed by atoms with Crippen LogP contribution < -0.4 is 4.74 Å². The Balaban J connectivity index is 1.46. The number of hydrogen-bond acceptors (Lipinski definition) is 4. The molecule has 172 valence electrons. The van der Waals surface area contributed by atoms with Crippen molar-refractivity contribution < 1.29 is 14.9 Å². The Bertz CT molecular complexity index is 1300. The first-order valence-corrected chi connectivity index (χ1v) is 11.8. The van der Waals surface area contributed by atoms with Gasteiger partial charge in [0.15, 0.2) is 0 Å². The highest BCUT2D eigenvalue weighted by Crippen LogP contribution is 2.47. The van der Waals surface area contributed by atoms with E-state index in [2.05, 4.69) is 35.8 Å². The lowest BCUT2D eigenvalue weighted by Gasteiger charge is -2.31. The van der Waals surface area contributed by atoms with Crippen molar-refractivity contribution in [1.29, 1.82) is 0 Å². The normalized spacial score (nSPS) is 19.8.